The molecule has 1 aromatic carbocycles. The Bertz CT molecular complexity index is 547. The van der Waals surface area contributed by atoms with Gasteiger partial charge in [-0.3, -0.25) is 0 Å². The van der Waals surface area contributed by atoms with Crippen LogP contribution in [0.2, 0.25) is 0 Å². The molecular weight excluding hydrogens is 242 g/mol. The summed E-state index contributed by atoms with van der Waals surface area (Å²) in [4.78, 5) is 6.38. The monoisotopic (exact) mass is 254 g/mol. The largest absolute Gasteiger partial charge is 0.348 e. The van der Waals surface area contributed by atoms with E-state index in [2.05, 4.69) is 9.88 Å². The van der Waals surface area contributed by atoms with Crippen LogP contribution in [0.15, 0.2) is 12.1 Å². The molecule has 3 rings (SSSR count). The number of hydrogen-bond acceptors (Lipinski definition) is 3. The Morgan fingerprint density at radius 2 is 1.88 bits per heavy atom. The highest BCUT2D eigenvalue weighted by Crippen LogP contribution is 2.32. The summed E-state index contributed by atoms with van der Waals surface area (Å²) in [7, 11) is 0. The summed E-state index contributed by atoms with van der Waals surface area (Å²) in [6, 6.07) is 2.76. The van der Waals surface area contributed by atoms with Gasteiger partial charge in [0.25, 0.3) is 0 Å². The van der Waals surface area contributed by atoms with Gasteiger partial charge in [-0.25, -0.2) is 13.8 Å². The van der Waals surface area contributed by atoms with Crippen molar-refractivity contribution in [1.29, 1.82) is 0 Å². The molecule has 17 heavy (non-hydrogen) atoms. The predicted octanol–water partition coefficient (Wildman–Crippen LogP) is 3.56. The van der Waals surface area contributed by atoms with Crippen LogP contribution in [-0.4, -0.2) is 18.1 Å². The molecule has 1 aliphatic rings. The SMILES string of the molecule is Fc1ccc2sc(N3CCCCC3)nc2c1F. The second kappa shape index (κ2) is 4.22. The van der Waals surface area contributed by atoms with Gasteiger partial charge in [0.1, 0.15) is 5.52 Å². The van der Waals surface area contributed by atoms with E-state index in [1.807, 2.05) is 0 Å². The maximum absolute atomic E-state index is 13.5. The molecule has 0 atom stereocenters. The molecule has 1 aromatic heterocycles. The number of piperidine rings is 1. The van der Waals surface area contributed by atoms with E-state index in [0.29, 0.717) is 4.70 Å². The summed E-state index contributed by atoms with van der Waals surface area (Å²) in [5.41, 5.74) is 0.163. The fourth-order valence-electron chi connectivity index (χ4n) is 2.15. The van der Waals surface area contributed by atoms with Gasteiger partial charge in [-0.15, -0.1) is 0 Å². The topological polar surface area (TPSA) is 16.1 Å². The molecule has 1 aliphatic heterocycles. The van der Waals surface area contributed by atoms with Gasteiger partial charge in [-0.05, 0) is 31.4 Å². The lowest BCUT2D eigenvalue weighted by Gasteiger charge is -2.25. The molecule has 2 nitrogen and oxygen atoms in total. The third-order valence-corrected chi connectivity index (χ3v) is 4.15. The Morgan fingerprint density at radius 1 is 1.12 bits per heavy atom. The molecule has 1 saturated heterocycles. The molecule has 2 heterocycles. The molecule has 0 saturated carbocycles. The zero-order valence-corrected chi connectivity index (χ0v) is 10.1. The lowest BCUT2D eigenvalue weighted by atomic mass is 10.1. The maximum Gasteiger partial charge on any atom is 0.186 e. The predicted molar refractivity (Wildman–Crippen MR) is 65.6 cm³/mol. The van der Waals surface area contributed by atoms with Crippen LogP contribution in [0.1, 0.15) is 19.3 Å². The molecular formula is C12H12F2N2S. The van der Waals surface area contributed by atoms with E-state index in [4.69, 9.17) is 0 Å². The standard InChI is InChI=1S/C12H12F2N2S/c13-8-4-5-9-11(10(8)14)15-12(17-9)16-6-2-1-3-7-16/h4-5H,1-3,6-7H2. The zero-order chi connectivity index (χ0) is 11.8. The molecule has 0 spiro atoms. The van der Waals surface area contributed by atoms with Crippen LogP contribution in [0.4, 0.5) is 13.9 Å². The third-order valence-electron chi connectivity index (χ3n) is 3.07. The first kappa shape index (κ1) is 10.9. The Labute approximate surface area is 102 Å². The Hall–Kier alpha value is -1.23. The fraction of sp³-hybridized carbons (Fsp3) is 0.417. The van der Waals surface area contributed by atoms with Crippen molar-refractivity contribution in [2.24, 2.45) is 0 Å². The Kier molecular flexibility index (Phi) is 2.70. The Balaban J connectivity index is 2.04. The van der Waals surface area contributed by atoms with Gasteiger partial charge >= 0.3 is 0 Å². The summed E-state index contributed by atoms with van der Waals surface area (Å²) in [6.07, 6.45) is 3.53. The number of thiazole rings is 1. The first-order chi connectivity index (χ1) is 8.25. The first-order valence-electron chi connectivity index (χ1n) is 5.75. The van der Waals surface area contributed by atoms with E-state index in [1.54, 1.807) is 6.07 Å². The van der Waals surface area contributed by atoms with Gasteiger partial charge in [0, 0.05) is 13.1 Å². The second-order valence-corrected chi connectivity index (χ2v) is 5.26. The highest BCUT2D eigenvalue weighted by molar-refractivity contribution is 7.22. The molecule has 5 heteroatoms. The molecule has 90 valence electrons. The first-order valence-corrected chi connectivity index (χ1v) is 6.57. The molecule has 0 unspecified atom stereocenters. The van der Waals surface area contributed by atoms with Gasteiger partial charge in [-0.2, -0.15) is 0 Å². The number of fused-ring (bicyclic) bond motifs is 1. The fourth-order valence-corrected chi connectivity index (χ4v) is 3.16. The quantitative estimate of drug-likeness (QED) is 0.773. The summed E-state index contributed by atoms with van der Waals surface area (Å²) < 4.78 is 27.3. The molecule has 0 bridgehead atoms. The number of hydrogen-bond donors (Lipinski definition) is 0. The van der Waals surface area contributed by atoms with Crippen LogP contribution < -0.4 is 4.90 Å². The number of nitrogens with zero attached hydrogens (tertiary/aromatic N) is 2. The van der Waals surface area contributed by atoms with Crippen molar-refractivity contribution >= 4 is 26.7 Å². The smallest absolute Gasteiger partial charge is 0.186 e. The number of halogens is 2. The highest BCUT2D eigenvalue weighted by atomic mass is 32.1. The molecule has 2 aromatic rings. The summed E-state index contributed by atoms with van der Waals surface area (Å²) in [5.74, 6) is -1.66. The van der Waals surface area contributed by atoms with Gasteiger partial charge in [0.05, 0.1) is 4.70 Å². The van der Waals surface area contributed by atoms with Gasteiger partial charge < -0.3 is 4.90 Å². The average Bonchev–Trinajstić information content (AvgIpc) is 2.80. The second-order valence-electron chi connectivity index (χ2n) is 4.25. The number of benzene rings is 1. The van der Waals surface area contributed by atoms with Crippen LogP contribution in [0, 0.1) is 11.6 Å². The molecule has 1 fully saturated rings. The molecule has 0 N–H and O–H groups in total. The van der Waals surface area contributed by atoms with Crippen LogP contribution >= 0.6 is 11.3 Å². The minimum atomic E-state index is -0.831. The van der Waals surface area contributed by atoms with Crippen LogP contribution in [0.25, 0.3) is 10.2 Å². The van der Waals surface area contributed by atoms with Crippen LogP contribution in [0.3, 0.4) is 0 Å². The van der Waals surface area contributed by atoms with Crippen molar-refractivity contribution in [3.63, 3.8) is 0 Å². The van der Waals surface area contributed by atoms with Gasteiger partial charge in [0.2, 0.25) is 0 Å². The van der Waals surface area contributed by atoms with E-state index < -0.39 is 11.6 Å². The van der Waals surface area contributed by atoms with Crippen molar-refractivity contribution in [1.82, 2.24) is 4.98 Å². The Morgan fingerprint density at radius 3 is 2.65 bits per heavy atom. The van der Waals surface area contributed by atoms with Gasteiger partial charge in [-0.1, -0.05) is 11.3 Å². The summed E-state index contributed by atoms with van der Waals surface area (Å²) in [6.45, 7) is 1.92. The number of aromatic nitrogens is 1. The minimum absolute atomic E-state index is 0.163. The average molecular weight is 254 g/mol. The van der Waals surface area contributed by atoms with E-state index in [0.717, 1.165) is 37.1 Å². The van der Waals surface area contributed by atoms with E-state index >= 15 is 0 Å². The molecule has 0 radical (unpaired) electrons. The van der Waals surface area contributed by atoms with Crippen LogP contribution in [-0.2, 0) is 0 Å². The summed E-state index contributed by atoms with van der Waals surface area (Å²) >= 11 is 1.43. The third kappa shape index (κ3) is 1.88. The van der Waals surface area contributed by atoms with Crippen molar-refractivity contribution in [3.8, 4) is 0 Å². The lowest BCUT2D eigenvalue weighted by Crippen LogP contribution is -2.29. The van der Waals surface area contributed by atoms with E-state index in [9.17, 15) is 8.78 Å². The van der Waals surface area contributed by atoms with Crippen molar-refractivity contribution in [2.75, 3.05) is 18.0 Å². The normalized spacial score (nSPS) is 16.7. The van der Waals surface area contributed by atoms with Crippen molar-refractivity contribution in [2.45, 2.75) is 19.3 Å². The summed E-state index contributed by atoms with van der Waals surface area (Å²) in [5, 5.41) is 0.809. The van der Waals surface area contributed by atoms with Crippen molar-refractivity contribution < 1.29 is 8.78 Å². The molecule has 0 amide bonds. The van der Waals surface area contributed by atoms with Crippen molar-refractivity contribution in [3.05, 3.63) is 23.8 Å². The van der Waals surface area contributed by atoms with E-state index in [-0.39, 0.29) is 5.52 Å². The zero-order valence-electron chi connectivity index (χ0n) is 9.25. The van der Waals surface area contributed by atoms with Crippen LogP contribution in [0.5, 0.6) is 0 Å². The van der Waals surface area contributed by atoms with E-state index in [1.165, 1.54) is 17.8 Å². The lowest BCUT2D eigenvalue weighted by molar-refractivity contribution is 0.515. The minimum Gasteiger partial charge on any atom is -0.348 e. The number of anilines is 1. The number of rotatable bonds is 1. The molecule has 0 aliphatic carbocycles. The van der Waals surface area contributed by atoms with Gasteiger partial charge in [0.15, 0.2) is 16.8 Å². The highest BCUT2D eigenvalue weighted by Gasteiger charge is 2.17. The maximum atomic E-state index is 13.5.